The van der Waals surface area contributed by atoms with Gasteiger partial charge in [0.2, 0.25) is 5.88 Å². The molecule has 0 spiro atoms. The lowest BCUT2D eigenvalue weighted by atomic mass is 9.89. The molecule has 0 amide bonds. The zero-order valence-electron chi connectivity index (χ0n) is 12.4. The van der Waals surface area contributed by atoms with Crippen molar-refractivity contribution in [3.05, 3.63) is 35.5 Å². The van der Waals surface area contributed by atoms with Crippen LogP contribution in [-0.4, -0.2) is 33.1 Å². The number of benzene rings is 1. The van der Waals surface area contributed by atoms with E-state index >= 15 is 0 Å². The first-order chi connectivity index (χ1) is 9.75. The number of aromatic carboxylic acids is 1. The molecule has 2 aromatic rings. The fourth-order valence-electron chi connectivity index (χ4n) is 2.08. The van der Waals surface area contributed by atoms with Gasteiger partial charge in [0.1, 0.15) is 11.3 Å². The Bertz CT molecular complexity index is 666. The molecule has 0 bridgehead atoms. The highest BCUT2D eigenvalue weighted by molar-refractivity contribution is 5.92. The lowest BCUT2D eigenvalue weighted by molar-refractivity contribution is 0.0690. The van der Waals surface area contributed by atoms with Gasteiger partial charge in [0.15, 0.2) is 0 Å². The summed E-state index contributed by atoms with van der Waals surface area (Å²) in [6, 6.07) is 6.30. The van der Waals surface area contributed by atoms with Crippen LogP contribution >= 0.6 is 0 Å². The Morgan fingerprint density at radius 1 is 1.24 bits per heavy atom. The van der Waals surface area contributed by atoms with Crippen molar-refractivity contribution in [1.29, 1.82) is 0 Å². The normalized spacial score (nSPS) is 11.4. The number of carbonyl (C=O) groups is 1. The molecule has 6 nitrogen and oxygen atoms in total. The molecule has 21 heavy (non-hydrogen) atoms. The van der Waals surface area contributed by atoms with Gasteiger partial charge in [0.25, 0.3) is 0 Å². The number of phenols is 1. The van der Waals surface area contributed by atoms with Gasteiger partial charge in [-0.25, -0.2) is 9.48 Å². The minimum atomic E-state index is -1.08. The fraction of sp³-hybridized carbons (Fsp3) is 0.333. The third-order valence-corrected chi connectivity index (χ3v) is 3.05. The van der Waals surface area contributed by atoms with Crippen LogP contribution < -0.4 is 4.74 Å². The van der Waals surface area contributed by atoms with Crippen molar-refractivity contribution in [2.45, 2.75) is 26.2 Å². The Balaban J connectivity index is 2.72. The van der Waals surface area contributed by atoms with Gasteiger partial charge >= 0.3 is 5.97 Å². The molecule has 112 valence electrons. The van der Waals surface area contributed by atoms with E-state index in [2.05, 4.69) is 5.10 Å². The molecular weight excluding hydrogens is 272 g/mol. The van der Waals surface area contributed by atoms with Crippen LogP contribution in [-0.2, 0) is 5.41 Å². The summed E-state index contributed by atoms with van der Waals surface area (Å²) in [5, 5.41) is 23.2. The van der Waals surface area contributed by atoms with Crippen molar-refractivity contribution in [1.82, 2.24) is 9.78 Å². The van der Waals surface area contributed by atoms with E-state index in [0.717, 1.165) is 0 Å². The molecule has 0 aliphatic carbocycles. The average Bonchev–Trinajstić information content (AvgIpc) is 2.79. The molecular formula is C15H18N2O4. The van der Waals surface area contributed by atoms with E-state index in [1.165, 1.54) is 23.9 Å². The molecule has 1 aromatic carbocycles. The fourth-order valence-corrected chi connectivity index (χ4v) is 2.08. The number of rotatable bonds is 3. The van der Waals surface area contributed by atoms with Crippen molar-refractivity contribution >= 4 is 5.97 Å². The first-order valence-corrected chi connectivity index (χ1v) is 6.46. The molecule has 0 aliphatic rings. The molecule has 1 aromatic heterocycles. The third-order valence-electron chi connectivity index (χ3n) is 3.05. The van der Waals surface area contributed by atoms with E-state index in [-0.39, 0.29) is 17.2 Å². The van der Waals surface area contributed by atoms with Gasteiger partial charge in [0.05, 0.1) is 18.5 Å². The Labute approximate surface area is 122 Å². The minimum absolute atomic E-state index is 0.0538. The maximum atomic E-state index is 11.6. The topological polar surface area (TPSA) is 84.6 Å². The molecule has 0 saturated heterocycles. The summed E-state index contributed by atoms with van der Waals surface area (Å²) < 4.78 is 6.69. The maximum Gasteiger partial charge on any atom is 0.343 e. The first kappa shape index (κ1) is 14.9. The van der Waals surface area contributed by atoms with Crippen LogP contribution in [0.15, 0.2) is 24.3 Å². The summed E-state index contributed by atoms with van der Waals surface area (Å²) in [4.78, 5) is 11.6. The summed E-state index contributed by atoms with van der Waals surface area (Å²) in [5.74, 6) is -0.792. The number of methoxy groups -OCH3 is 1. The van der Waals surface area contributed by atoms with Gasteiger partial charge in [-0.3, -0.25) is 0 Å². The summed E-state index contributed by atoms with van der Waals surface area (Å²) in [6.45, 7) is 5.67. The summed E-state index contributed by atoms with van der Waals surface area (Å²) >= 11 is 0. The van der Waals surface area contributed by atoms with Crippen LogP contribution in [0.25, 0.3) is 5.69 Å². The van der Waals surface area contributed by atoms with Crippen molar-refractivity contribution in [2.75, 3.05) is 7.11 Å². The van der Waals surface area contributed by atoms with Gasteiger partial charge in [-0.2, -0.15) is 5.10 Å². The number of hydrogen-bond donors (Lipinski definition) is 2. The molecule has 0 radical (unpaired) electrons. The van der Waals surface area contributed by atoms with E-state index < -0.39 is 11.4 Å². The molecule has 0 fully saturated rings. The van der Waals surface area contributed by atoms with Crippen LogP contribution in [0.2, 0.25) is 0 Å². The molecule has 0 atom stereocenters. The summed E-state index contributed by atoms with van der Waals surface area (Å²) in [7, 11) is 1.41. The minimum Gasteiger partial charge on any atom is -0.508 e. The monoisotopic (exact) mass is 290 g/mol. The van der Waals surface area contributed by atoms with Crippen LogP contribution in [0.4, 0.5) is 0 Å². The van der Waals surface area contributed by atoms with E-state index in [1.807, 2.05) is 20.8 Å². The van der Waals surface area contributed by atoms with Crippen LogP contribution in [0.5, 0.6) is 11.6 Å². The van der Waals surface area contributed by atoms with Crippen molar-refractivity contribution in [3.8, 4) is 17.3 Å². The highest BCUT2D eigenvalue weighted by Gasteiger charge is 2.32. The van der Waals surface area contributed by atoms with Gasteiger partial charge in [-0.05, 0) is 24.3 Å². The van der Waals surface area contributed by atoms with Crippen molar-refractivity contribution in [3.63, 3.8) is 0 Å². The number of carboxylic acid groups (broad SMARTS) is 1. The zero-order chi connectivity index (χ0) is 15.8. The van der Waals surface area contributed by atoms with E-state index in [9.17, 15) is 15.0 Å². The third kappa shape index (κ3) is 2.69. The summed E-state index contributed by atoms with van der Waals surface area (Å²) in [5.41, 5.74) is 0.670. The van der Waals surface area contributed by atoms with E-state index in [4.69, 9.17) is 4.74 Å². The van der Waals surface area contributed by atoms with E-state index in [1.54, 1.807) is 12.1 Å². The second-order valence-electron chi connectivity index (χ2n) is 5.72. The van der Waals surface area contributed by atoms with Gasteiger partial charge in [-0.15, -0.1) is 0 Å². The van der Waals surface area contributed by atoms with Crippen molar-refractivity contribution < 1.29 is 19.7 Å². The Morgan fingerprint density at radius 2 is 1.81 bits per heavy atom. The predicted molar refractivity (Wildman–Crippen MR) is 77.4 cm³/mol. The van der Waals surface area contributed by atoms with Crippen LogP contribution in [0.3, 0.4) is 0 Å². The first-order valence-electron chi connectivity index (χ1n) is 6.46. The molecule has 1 heterocycles. The smallest absolute Gasteiger partial charge is 0.343 e. The number of nitrogens with zero attached hydrogens (tertiary/aromatic N) is 2. The molecule has 0 aliphatic heterocycles. The highest BCUT2D eigenvalue weighted by atomic mass is 16.5. The Kier molecular flexibility index (Phi) is 3.63. The molecule has 6 heteroatoms. The van der Waals surface area contributed by atoms with Gasteiger partial charge in [0, 0.05) is 5.41 Å². The van der Waals surface area contributed by atoms with Crippen LogP contribution in [0, 0.1) is 0 Å². The maximum absolute atomic E-state index is 11.6. The van der Waals surface area contributed by atoms with Crippen LogP contribution in [0.1, 0.15) is 36.8 Å². The number of hydrogen-bond acceptors (Lipinski definition) is 4. The lowest BCUT2D eigenvalue weighted by Gasteiger charge is -2.15. The van der Waals surface area contributed by atoms with E-state index in [0.29, 0.717) is 11.4 Å². The number of ether oxygens (including phenoxy) is 1. The SMILES string of the molecule is COc1c(C(=O)O)c(C(C)(C)C)nn1-c1ccc(O)cc1. The number of aromatic hydroxyl groups is 1. The lowest BCUT2D eigenvalue weighted by Crippen LogP contribution is -2.16. The number of carboxylic acids is 1. The molecule has 0 saturated carbocycles. The van der Waals surface area contributed by atoms with Gasteiger partial charge < -0.3 is 14.9 Å². The number of phenolic OH excluding ortho intramolecular Hbond substituents is 1. The summed E-state index contributed by atoms with van der Waals surface area (Å²) in [6.07, 6.45) is 0. The average molecular weight is 290 g/mol. The Morgan fingerprint density at radius 3 is 2.24 bits per heavy atom. The largest absolute Gasteiger partial charge is 0.508 e. The van der Waals surface area contributed by atoms with Crippen molar-refractivity contribution in [2.24, 2.45) is 0 Å². The Hall–Kier alpha value is -2.50. The highest BCUT2D eigenvalue weighted by Crippen LogP contribution is 2.33. The second-order valence-corrected chi connectivity index (χ2v) is 5.72. The second kappa shape index (κ2) is 5.12. The predicted octanol–water partition coefficient (Wildman–Crippen LogP) is 2.58. The molecule has 0 unspecified atom stereocenters. The molecule has 2 N–H and O–H groups in total. The number of aromatic nitrogens is 2. The molecule has 2 rings (SSSR count). The van der Waals surface area contributed by atoms with Gasteiger partial charge in [-0.1, -0.05) is 20.8 Å². The quantitative estimate of drug-likeness (QED) is 0.907. The zero-order valence-corrected chi connectivity index (χ0v) is 12.4. The standard InChI is InChI=1S/C15H18N2O4/c1-15(2,3)12-11(14(19)20)13(21-4)17(16-12)9-5-7-10(18)8-6-9/h5-8,18H,1-4H3,(H,19,20).